The fourth-order valence-electron chi connectivity index (χ4n) is 3.80. The molecule has 0 radical (unpaired) electrons. The smallest absolute Gasteiger partial charge is 0.367 e. The van der Waals surface area contributed by atoms with E-state index >= 15 is 4.39 Å². The van der Waals surface area contributed by atoms with Gasteiger partial charge in [0.25, 0.3) is 0 Å². The number of aromatic nitrogens is 3. The van der Waals surface area contributed by atoms with Gasteiger partial charge >= 0.3 is 6.18 Å². The Bertz CT molecular complexity index is 1270. The van der Waals surface area contributed by atoms with Crippen LogP contribution < -0.4 is 10.0 Å². The van der Waals surface area contributed by atoms with E-state index in [-0.39, 0.29) is 35.4 Å². The van der Waals surface area contributed by atoms with Crippen molar-refractivity contribution >= 4 is 40.3 Å². The molecule has 0 bridgehead atoms. The molecule has 0 spiro atoms. The van der Waals surface area contributed by atoms with Gasteiger partial charge in [0.2, 0.25) is 5.78 Å². The standard InChI is InChI=1S/C23H22F5N5OS/c1-11(2)32-22-17-14(9-29-21(17)30-10-31-22)20(34)18-15(24)7-8-16(19(18)25)33-35-13-5-3-12(4-6-13)23(26,27)28/h3,5,7-13,33H,4,6H2,1-2H3,(H2,29,30,31,32). The van der Waals surface area contributed by atoms with Gasteiger partial charge in [-0.25, -0.2) is 18.7 Å². The molecule has 12 heteroatoms. The van der Waals surface area contributed by atoms with Crippen molar-refractivity contribution in [1.29, 1.82) is 0 Å². The predicted molar refractivity (Wildman–Crippen MR) is 125 cm³/mol. The third kappa shape index (κ3) is 5.26. The van der Waals surface area contributed by atoms with E-state index in [1.165, 1.54) is 18.6 Å². The predicted octanol–water partition coefficient (Wildman–Crippen LogP) is 6.24. The first-order valence-electron chi connectivity index (χ1n) is 10.8. The second-order valence-electron chi connectivity index (χ2n) is 8.43. The zero-order valence-corrected chi connectivity index (χ0v) is 19.5. The summed E-state index contributed by atoms with van der Waals surface area (Å²) in [7, 11) is 0. The molecule has 0 saturated carbocycles. The van der Waals surface area contributed by atoms with E-state index in [1.54, 1.807) is 0 Å². The fraction of sp³-hybridized carbons (Fsp3) is 0.348. The number of H-pyrrole nitrogens is 1. The minimum atomic E-state index is -4.30. The molecule has 6 nitrogen and oxygen atoms in total. The number of carbonyl (C=O) groups excluding carboxylic acids is 1. The molecule has 1 aliphatic carbocycles. The lowest BCUT2D eigenvalue weighted by Gasteiger charge is -2.24. The number of hydrogen-bond donors (Lipinski definition) is 3. The summed E-state index contributed by atoms with van der Waals surface area (Å²) >= 11 is 0.999. The summed E-state index contributed by atoms with van der Waals surface area (Å²) in [4.78, 5) is 24.3. The summed E-state index contributed by atoms with van der Waals surface area (Å²) in [6.07, 6.45) is 0.999. The summed E-state index contributed by atoms with van der Waals surface area (Å²) in [6.45, 7) is 3.75. The Morgan fingerprint density at radius 1 is 1.17 bits per heavy atom. The van der Waals surface area contributed by atoms with Crippen molar-refractivity contribution in [2.45, 2.75) is 44.2 Å². The molecule has 0 saturated heterocycles. The number of alkyl halides is 3. The van der Waals surface area contributed by atoms with Gasteiger partial charge in [-0.3, -0.25) is 4.79 Å². The SMILES string of the molecule is CC(C)Nc1ncnc2[nH]cc(C(=O)c3c(F)ccc(NSC4C=CC(C(F)(F)F)CC4)c3F)c12. The largest absolute Gasteiger partial charge is 0.395 e. The van der Waals surface area contributed by atoms with Gasteiger partial charge < -0.3 is 15.0 Å². The highest BCUT2D eigenvalue weighted by Crippen LogP contribution is 2.37. The number of nitrogens with zero attached hydrogens (tertiary/aromatic N) is 2. The summed E-state index contributed by atoms with van der Waals surface area (Å²) in [5, 5.41) is 3.06. The maximum Gasteiger partial charge on any atom is 0.395 e. The van der Waals surface area contributed by atoms with Gasteiger partial charge in [0.15, 0.2) is 5.82 Å². The molecular weight excluding hydrogens is 489 g/mol. The molecule has 0 fully saturated rings. The number of rotatable bonds is 7. The maximum atomic E-state index is 15.3. The van der Waals surface area contributed by atoms with Gasteiger partial charge in [-0.15, -0.1) is 0 Å². The molecule has 4 rings (SSSR count). The van der Waals surface area contributed by atoms with Crippen LogP contribution >= 0.6 is 11.9 Å². The van der Waals surface area contributed by atoms with Crippen LogP contribution in [0.5, 0.6) is 0 Å². The number of hydrogen-bond acceptors (Lipinski definition) is 6. The van der Waals surface area contributed by atoms with Crippen LogP contribution in [-0.4, -0.2) is 38.2 Å². The van der Waals surface area contributed by atoms with Crippen LogP contribution in [0.25, 0.3) is 11.0 Å². The summed E-state index contributed by atoms with van der Waals surface area (Å²) in [5.41, 5.74) is -0.576. The average molecular weight is 512 g/mol. The summed E-state index contributed by atoms with van der Waals surface area (Å²) in [5.74, 6) is -4.19. The van der Waals surface area contributed by atoms with Crippen LogP contribution in [0.3, 0.4) is 0 Å². The molecule has 3 N–H and O–H groups in total. The van der Waals surface area contributed by atoms with Crippen molar-refractivity contribution in [1.82, 2.24) is 15.0 Å². The maximum absolute atomic E-state index is 15.3. The summed E-state index contributed by atoms with van der Waals surface area (Å²) in [6, 6.07) is 2.09. The Kier molecular flexibility index (Phi) is 7.02. The third-order valence-corrected chi connectivity index (χ3v) is 6.55. The zero-order chi connectivity index (χ0) is 25.3. The van der Waals surface area contributed by atoms with Crippen molar-refractivity contribution in [3.63, 3.8) is 0 Å². The number of anilines is 2. The van der Waals surface area contributed by atoms with Crippen molar-refractivity contribution in [2.24, 2.45) is 5.92 Å². The van der Waals surface area contributed by atoms with E-state index in [0.29, 0.717) is 16.9 Å². The Hall–Kier alpha value is -3.15. The number of nitrogens with one attached hydrogen (secondary N) is 3. The first-order chi connectivity index (χ1) is 16.6. The summed E-state index contributed by atoms with van der Waals surface area (Å²) < 4.78 is 71.2. The Morgan fingerprint density at radius 2 is 1.94 bits per heavy atom. The number of aromatic amines is 1. The van der Waals surface area contributed by atoms with Crippen LogP contribution in [-0.2, 0) is 0 Å². The molecule has 2 aromatic heterocycles. The van der Waals surface area contributed by atoms with Gasteiger partial charge in [-0.05, 0) is 50.8 Å². The second-order valence-corrected chi connectivity index (χ2v) is 9.47. The molecule has 35 heavy (non-hydrogen) atoms. The van der Waals surface area contributed by atoms with Crippen LogP contribution in [0, 0.1) is 17.6 Å². The minimum absolute atomic E-state index is 0.000223. The van der Waals surface area contributed by atoms with Crippen molar-refractivity contribution in [3.05, 3.63) is 59.6 Å². The van der Waals surface area contributed by atoms with E-state index in [0.717, 1.165) is 30.2 Å². The lowest BCUT2D eigenvalue weighted by molar-refractivity contribution is -0.163. The quantitative estimate of drug-likeness (QED) is 0.151. The third-order valence-electron chi connectivity index (χ3n) is 5.52. The van der Waals surface area contributed by atoms with E-state index < -0.39 is 35.1 Å². The molecule has 1 aliphatic rings. The van der Waals surface area contributed by atoms with Crippen LogP contribution in [0.4, 0.5) is 33.5 Å². The van der Waals surface area contributed by atoms with E-state index in [2.05, 4.69) is 25.0 Å². The van der Waals surface area contributed by atoms with Crippen LogP contribution in [0.1, 0.15) is 42.6 Å². The van der Waals surface area contributed by atoms with Crippen LogP contribution in [0.2, 0.25) is 0 Å². The Morgan fingerprint density at radius 3 is 2.60 bits per heavy atom. The van der Waals surface area contributed by atoms with E-state index in [4.69, 9.17) is 0 Å². The molecule has 2 heterocycles. The molecule has 0 amide bonds. The number of allylic oxidation sites excluding steroid dienone is 1. The molecule has 0 aliphatic heterocycles. The minimum Gasteiger partial charge on any atom is -0.367 e. The molecular formula is C23H22F5N5OS. The number of fused-ring (bicyclic) bond motifs is 1. The molecule has 2 atom stereocenters. The highest BCUT2D eigenvalue weighted by atomic mass is 32.2. The van der Waals surface area contributed by atoms with Crippen LogP contribution in [0.15, 0.2) is 36.8 Å². The number of carbonyl (C=O) groups is 1. The Balaban J connectivity index is 1.59. The van der Waals surface area contributed by atoms with Gasteiger partial charge in [-0.2, -0.15) is 13.2 Å². The van der Waals surface area contributed by atoms with Gasteiger partial charge in [0, 0.05) is 17.5 Å². The molecule has 186 valence electrons. The monoisotopic (exact) mass is 511 g/mol. The topological polar surface area (TPSA) is 82.7 Å². The lowest BCUT2D eigenvalue weighted by Crippen LogP contribution is -2.25. The average Bonchev–Trinajstić information content (AvgIpc) is 3.23. The lowest BCUT2D eigenvalue weighted by atomic mass is 9.95. The first-order valence-corrected chi connectivity index (χ1v) is 11.7. The Labute approximate surface area is 201 Å². The highest BCUT2D eigenvalue weighted by molar-refractivity contribution is 8.01. The van der Waals surface area contributed by atoms with Crippen molar-refractivity contribution in [3.8, 4) is 0 Å². The van der Waals surface area contributed by atoms with Gasteiger partial charge in [0.05, 0.1) is 28.1 Å². The number of benzene rings is 1. The zero-order valence-electron chi connectivity index (χ0n) is 18.7. The van der Waals surface area contributed by atoms with Crippen molar-refractivity contribution in [2.75, 3.05) is 10.0 Å². The number of halogens is 5. The molecule has 1 aromatic carbocycles. The van der Waals surface area contributed by atoms with Gasteiger partial charge in [0.1, 0.15) is 23.6 Å². The van der Waals surface area contributed by atoms with Crippen molar-refractivity contribution < 1.29 is 26.7 Å². The second kappa shape index (κ2) is 9.84. The van der Waals surface area contributed by atoms with Gasteiger partial charge in [-0.1, -0.05) is 12.2 Å². The first kappa shape index (κ1) is 25.0. The fourth-order valence-corrected chi connectivity index (χ4v) is 4.66. The van der Waals surface area contributed by atoms with E-state index in [1.807, 2.05) is 13.8 Å². The number of ketones is 1. The highest BCUT2D eigenvalue weighted by Gasteiger charge is 2.39. The normalized spacial score (nSPS) is 18.3. The molecule has 2 unspecified atom stereocenters. The molecule has 3 aromatic rings. The van der Waals surface area contributed by atoms with E-state index in [9.17, 15) is 22.4 Å².